The number of nitrogens with zero attached hydrogens (tertiary/aromatic N) is 4. The molecule has 0 atom stereocenters. The Morgan fingerprint density at radius 2 is 1.66 bits per heavy atom. The minimum absolute atomic E-state index is 0.0713. The minimum atomic E-state index is -0.245. The van der Waals surface area contributed by atoms with Crippen molar-refractivity contribution in [1.29, 1.82) is 0 Å². The van der Waals surface area contributed by atoms with Crippen LogP contribution in [-0.4, -0.2) is 32.0 Å². The van der Waals surface area contributed by atoms with E-state index in [1.165, 1.54) is 6.33 Å². The first-order valence-corrected chi connectivity index (χ1v) is 10.1. The number of nitrogens with one attached hydrogen (secondary N) is 1. The Labute approximate surface area is 185 Å². The number of anilines is 1. The third-order valence-corrected chi connectivity index (χ3v) is 4.88. The van der Waals surface area contributed by atoms with E-state index < -0.39 is 0 Å². The monoisotopic (exact) mass is 429 g/mol. The van der Waals surface area contributed by atoms with Gasteiger partial charge in [0.05, 0.1) is 5.69 Å². The first-order valence-electron chi connectivity index (χ1n) is 10.1. The minimum Gasteiger partial charge on any atom is -0.484 e. The van der Waals surface area contributed by atoms with Crippen molar-refractivity contribution in [2.24, 2.45) is 0 Å². The molecule has 8 heteroatoms. The van der Waals surface area contributed by atoms with E-state index in [2.05, 4.69) is 20.3 Å². The number of amides is 1. The molecular weight excluding hydrogens is 406 g/mol. The van der Waals surface area contributed by atoms with Gasteiger partial charge in [-0.25, -0.2) is 15.0 Å². The van der Waals surface area contributed by atoms with Crippen molar-refractivity contribution in [3.63, 3.8) is 0 Å². The summed E-state index contributed by atoms with van der Waals surface area (Å²) in [6.07, 6.45) is 3.17. The van der Waals surface area contributed by atoms with Crippen LogP contribution in [0.5, 0.6) is 17.4 Å². The summed E-state index contributed by atoms with van der Waals surface area (Å²) >= 11 is 0. The lowest BCUT2D eigenvalue weighted by Crippen LogP contribution is -2.20. The maximum atomic E-state index is 12.1. The predicted molar refractivity (Wildman–Crippen MR) is 120 cm³/mol. The second-order valence-corrected chi connectivity index (χ2v) is 7.28. The first kappa shape index (κ1) is 21.0. The van der Waals surface area contributed by atoms with E-state index in [1.54, 1.807) is 36.7 Å². The van der Waals surface area contributed by atoms with Crippen LogP contribution in [0.15, 0.2) is 67.3 Å². The van der Waals surface area contributed by atoms with E-state index in [4.69, 9.17) is 9.47 Å². The highest BCUT2D eigenvalue weighted by atomic mass is 16.5. The van der Waals surface area contributed by atoms with Crippen molar-refractivity contribution in [2.45, 2.75) is 20.8 Å². The fourth-order valence-electron chi connectivity index (χ4n) is 2.95. The molecule has 0 aliphatic rings. The summed E-state index contributed by atoms with van der Waals surface area (Å²) in [4.78, 5) is 24.9. The molecule has 1 N–H and O–H groups in total. The molecule has 1 amide bonds. The summed E-state index contributed by atoms with van der Waals surface area (Å²) < 4.78 is 13.2. The van der Waals surface area contributed by atoms with Gasteiger partial charge >= 0.3 is 0 Å². The van der Waals surface area contributed by atoms with Crippen LogP contribution in [0.25, 0.3) is 5.82 Å². The molecule has 0 aliphatic heterocycles. The summed E-state index contributed by atoms with van der Waals surface area (Å²) in [5.74, 6) is 2.07. The molecular formula is C24H23N5O3. The average Bonchev–Trinajstić information content (AvgIpc) is 3.13. The molecule has 2 heterocycles. The van der Waals surface area contributed by atoms with Crippen LogP contribution in [-0.2, 0) is 4.79 Å². The molecule has 2 aromatic carbocycles. The molecule has 162 valence electrons. The average molecular weight is 429 g/mol. The SMILES string of the molecule is Cc1ccc(OCC(=O)Nc2ccc(Oc3cc(-n4cnc(C)c4C)ncn3)cc2)cc1. The van der Waals surface area contributed by atoms with Crippen molar-refractivity contribution in [2.75, 3.05) is 11.9 Å². The Balaban J connectivity index is 1.34. The molecule has 0 unspecified atom stereocenters. The summed E-state index contributed by atoms with van der Waals surface area (Å²) in [5.41, 5.74) is 3.71. The van der Waals surface area contributed by atoms with Crippen LogP contribution in [0, 0.1) is 20.8 Å². The molecule has 2 aromatic heterocycles. The molecule has 0 aliphatic carbocycles. The van der Waals surface area contributed by atoms with Crippen molar-refractivity contribution in [3.8, 4) is 23.2 Å². The Bertz CT molecular complexity index is 1220. The topological polar surface area (TPSA) is 91.2 Å². The molecule has 0 saturated carbocycles. The summed E-state index contributed by atoms with van der Waals surface area (Å²) in [6, 6.07) is 16.3. The van der Waals surface area contributed by atoms with Crippen LogP contribution in [0.1, 0.15) is 17.0 Å². The van der Waals surface area contributed by atoms with Crippen LogP contribution >= 0.6 is 0 Å². The predicted octanol–water partition coefficient (Wildman–Crippen LogP) is 4.40. The molecule has 8 nitrogen and oxygen atoms in total. The van der Waals surface area contributed by atoms with Gasteiger partial charge in [-0.2, -0.15) is 0 Å². The number of hydrogen-bond donors (Lipinski definition) is 1. The zero-order valence-electron chi connectivity index (χ0n) is 18.1. The van der Waals surface area contributed by atoms with Crippen molar-refractivity contribution >= 4 is 11.6 Å². The number of aryl methyl sites for hydroxylation is 2. The number of ether oxygens (including phenoxy) is 2. The van der Waals surface area contributed by atoms with Crippen LogP contribution in [0.4, 0.5) is 5.69 Å². The molecule has 0 spiro atoms. The number of hydrogen-bond acceptors (Lipinski definition) is 6. The normalized spacial score (nSPS) is 10.6. The molecule has 4 rings (SSSR count). The highest BCUT2D eigenvalue weighted by Crippen LogP contribution is 2.23. The Morgan fingerprint density at radius 1 is 0.938 bits per heavy atom. The van der Waals surface area contributed by atoms with Gasteiger partial charge in [0.25, 0.3) is 5.91 Å². The van der Waals surface area contributed by atoms with E-state index in [-0.39, 0.29) is 12.5 Å². The summed E-state index contributed by atoms with van der Waals surface area (Å²) in [5, 5.41) is 2.80. The highest BCUT2D eigenvalue weighted by Gasteiger charge is 2.09. The largest absolute Gasteiger partial charge is 0.484 e. The maximum absolute atomic E-state index is 12.1. The lowest BCUT2D eigenvalue weighted by Gasteiger charge is -2.10. The van der Waals surface area contributed by atoms with Gasteiger partial charge in [0.1, 0.15) is 30.0 Å². The van der Waals surface area contributed by atoms with E-state index >= 15 is 0 Å². The van der Waals surface area contributed by atoms with Gasteiger partial charge in [0, 0.05) is 17.4 Å². The van der Waals surface area contributed by atoms with Gasteiger partial charge in [-0.15, -0.1) is 0 Å². The zero-order valence-corrected chi connectivity index (χ0v) is 18.1. The second kappa shape index (κ2) is 9.30. The summed E-state index contributed by atoms with van der Waals surface area (Å²) in [6.45, 7) is 5.84. The standard InChI is InChI=1S/C24H23N5O3/c1-16-4-8-20(9-5-16)31-13-23(30)28-19-6-10-21(11-7-19)32-24-12-22(25-14-26-24)29-15-27-17(2)18(29)3/h4-12,14-15H,13H2,1-3H3,(H,28,30). The smallest absolute Gasteiger partial charge is 0.262 e. The Hall–Kier alpha value is -4.20. The summed E-state index contributed by atoms with van der Waals surface area (Å²) in [7, 11) is 0. The van der Waals surface area contributed by atoms with Gasteiger partial charge in [0.2, 0.25) is 5.88 Å². The number of benzene rings is 2. The molecule has 0 saturated heterocycles. The van der Waals surface area contributed by atoms with Crippen molar-refractivity contribution in [3.05, 3.63) is 84.2 Å². The molecule has 0 bridgehead atoms. The van der Waals surface area contributed by atoms with E-state index in [0.717, 1.165) is 17.0 Å². The number of imidazole rings is 1. The molecule has 32 heavy (non-hydrogen) atoms. The van der Waals surface area contributed by atoms with E-state index in [0.29, 0.717) is 28.9 Å². The zero-order chi connectivity index (χ0) is 22.5. The molecule has 0 fully saturated rings. The first-order chi connectivity index (χ1) is 15.5. The van der Waals surface area contributed by atoms with Gasteiger partial charge in [-0.1, -0.05) is 17.7 Å². The third kappa shape index (κ3) is 5.10. The van der Waals surface area contributed by atoms with Crippen LogP contribution in [0.2, 0.25) is 0 Å². The lowest BCUT2D eigenvalue weighted by molar-refractivity contribution is -0.118. The van der Waals surface area contributed by atoms with E-state index in [9.17, 15) is 4.79 Å². The second-order valence-electron chi connectivity index (χ2n) is 7.28. The van der Waals surface area contributed by atoms with Gasteiger partial charge in [-0.3, -0.25) is 9.36 Å². The number of aromatic nitrogens is 4. The van der Waals surface area contributed by atoms with E-state index in [1.807, 2.05) is 49.6 Å². The van der Waals surface area contributed by atoms with Crippen molar-refractivity contribution < 1.29 is 14.3 Å². The number of rotatable bonds is 7. The fourth-order valence-corrected chi connectivity index (χ4v) is 2.95. The van der Waals surface area contributed by atoms with Crippen LogP contribution in [0.3, 0.4) is 0 Å². The van der Waals surface area contributed by atoms with Gasteiger partial charge < -0.3 is 14.8 Å². The number of carbonyl (C=O) groups excluding carboxylic acids is 1. The fraction of sp³-hybridized carbons (Fsp3) is 0.167. The number of carbonyl (C=O) groups is 1. The molecule has 4 aromatic rings. The van der Waals surface area contributed by atoms with Gasteiger partial charge in [-0.05, 0) is 57.2 Å². The maximum Gasteiger partial charge on any atom is 0.262 e. The highest BCUT2D eigenvalue weighted by molar-refractivity contribution is 5.91. The molecule has 0 radical (unpaired) electrons. The van der Waals surface area contributed by atoms with Crippen LogP contribution < -0.4 is 14.8 Å². The van der Waals surface area contributed by atoms with Crippen molar-refractivity contribution in [1.82, 2.24) is 19.5 Å². The third-order valence-electron chi connectivity index (χ3n) is 4.88. The van der Waals surface area contributed by atoms with Gasteiger partial charge in [0.15, 0.2) is 6.61 Å². The Kier molecular flexibility index (Phi) is 6.12. The lowest BCUT2D eigenvalue weighted by atomic mass is 10.2. The quantitative estimate of drug-likeness (QED) is 0.468. The Morgan fingerprint density at radius 3 is 2.34 bits per heavy atom.